The van der Waals surface area contributed by atoms with Crippen LogP contribution in [0.5, 0.6) is 0 Å². The van der Waals surface area contributed by atoms with Crippen molar-refractivity contribution in [3.63, 3.8) is 0 Å². The fraction of sp³-hybridized carbons (Fsp3) is 0.556. The minimum Gasteiger partial charge on any atom is -0.379 e. The number of aryl methyl sites for hydroxylation is 1. The molecule has 2 heterocycles. The highest BCUT2D eigenvalue weighted by atomic mass is 16.5. The maximum atomic E-state index is 5.45. The molecule has 0 amide bonds. The summed E-state index contributed by atoms with van der Waals surface area (Å²) in [6, 6.07) is 8.97. The summed E-state index contributed by atoms with van der Waals surface area (Å²) in [4.78, 5) is 2.54. The molecule has 2 aromatic rings. The van der Waals surface area contributed by atoms with Gasteiger partial charge in [-0.2, -0.15) is 0 Å². The topological polar surface area (TPSA) is 17.4 Å². The van der Waals surface area contributed by atoms with Crippen LogP contribution in [0.2, 0.25) is 0 Å². The van der Waals surface area contributed by atoms with Crippen LogP contribution in [0.1, 0.15) is 24.1 Å². The van der Waals surface area contributed by atoms with Gasteiger partial charge in [0.15, 0.2) is 0 Å². The third kappa shape index (κ3) is 2.49. The van der Waals surface area contributed by atoms with Crippen molar-refractivity contribution in [1.29, 1.82) is 0 Å². The van der Waals surface area contributed by atoms with Gasteiger partial charge in [-0.05, 0) is 37.3 Å². The number of para-hydroxylation sites is 1. The molecule has 0 bridgehead atoms. The van der Waals surface area contributed by atoms with Crippen LogP contribution in [0.3, 0.4) is 0 Å². The largest absolute Gasteiger partial charge is 0.379 e. The van der Waals surface area contributed by atoms with Crippen LogP contribution in [0.25, 0.3) is 10.9 Å². The van der Waals surface area contributed by atoms with E-state index in [1.807, 2.05) is 0 Å². The lowest BCUT2D eigenvalue weighted by atomic mass is 9.96. The summed E-state index contributed by atoms with van der Waals surface area (Å²) in [5.74, 6) is 0. The predicted molar refractivity (Wildman–Crippen MR) is 85.8 cm³/mol. The molecule has 1 aliphatic carbocycles. The van der Waals surface area contributed by atoms with Crippen LogP contribution >= 0.6 is 0 Å². The molecule has 112 valence electrons. The zero-order valence-electron chi connectivity index (χ0n) is 12.7. The summed E-state index contributed by atoms with van der Waals surface area (Å²) in [5.41, 5.74) is 4.67. The van der Waals surface area contributed by atoms with Crippen molar-refractivity contribution in [2.45, 2.75) is 32.2 Å². The van der Waals surface area contributed by atoms with Gasteiger partial charge in [0.25, 0.3) is 0 Å². The number of hydrogen-bond acceptors (Lipinski definition) is 2. The van der Waals surface area contributed by atoms with E-state index in [1.54, 1.807) is 11.3 Å². The van der Waals surface area contributed by atoms with Gasteiger partial charge in [-0.25, -0.2) is 0 Å². The Balaban J connectivity index is 1.64. The summed E-state index contributed by atoms with van der Waals surface area (Å²) in [6.07, 6.45) is 5.22. The number of aromatic nitrogens is 1. The van der Waals surface area contributed by atoms with E-state index in [0.29, 0.717) is 0 Å². The second-order valence-electron chi connectivity index (χ2n) is 6.26. The lowest BCUT2D eigenvalue weighted by molar-refractivity contribution is 0.0364. The number of ether oxygens (including phenoxy) is 1. The summed E-state index contributed by atoms with van der Waals surface area (Å²) in [5, 5.41) is 1.49. The minimum absolute atomic E-state index is 0.893. The SMILES string of the molecule is c1ccc2c(c1)c1c(n2CCN2CCOCC2)CCCC1. The molecule has 1 aromatic heterocycles. The minimum atomic E-state index is 0.893. The van der Waals surface area contributed by atoms with E-state index >= 15 is 0 Å². The van der Waals surface area contributed by atoms with Crippen LogP contribution in [0, 0.1) is 0 Å². The van der Waals surface area contributed by atoms with Crippen LogP contribution in [-0.2, 0) is 24.1 Å². The Labute approximate surface area is 126 Å². The lowest BCUT2D eigenvalue weighted by Crippen LogP contribution is -2.38. The van der Waals surface area contributed by atoms with Crippen molar-refractivity contribution in [2.24, 2.45) is 0 Å². The summed E-state index contributed by atoms with van der Waals surface area (Å²) in [7, 11) is 0. The van der Waals surface area contributed by atoms with Gasteiger partial charge in [0, 0.05) is 42.8 Å². The highest BCUT2D eigenvalue weighted by molar-refractivity contribution is 5.85. The molecule has 3 heteroatoms. The number of morpholine rings is 1. The molecule has 21 heavy (non-hydrogen) atoms. The molecule has 0 N–H and O–H groups in total. The van der Waals surface area contributed by atoms with Crippen molar-refractivity contribution in [3.8, 4) is 0 Å². The smallest absolute Gasteiger partial charge is 0.0594 e. The fourth-order valence-electron chi connectivity index (χ4n) is 3.91. The van der Waals surface area contributed by atoms with Crippen LogP contribution in [0.15, 0.2) is 24.3 Å². The number of nitrogens with zero attached hydrogens (tertiary/aromatic N) is 2. The third-order valence-electron chi connectivity index (χ3n) is 5.03. The van der Waals surface area contributed by atoms with Gasteiger partial charge in [-0.3, -0.25) is 4.90 Å². The fourth-order valence-corrected chi connectivity index (χ4v) is 3.91. The lowest BCUT2D eigenvalue weighted by Gasteiger charge is -2.27. The van der Waals surface area contributed by atoms with Gasteiger partial charge in [0.2, 0.25) is 0 Å². The Morgan fingerprint density at radius 2 is 1.76 bits per heavy atom. The molecule has 0 radical (unpaired) electrons. The molecule has 0 saturated carbocycles. The number of hydrogen-bond donors (Lipinski definition) is 0. The molecule has 1 fully saturated rings. The molecule has 1 aliphatic heterocycles. The predicted octanol–water partition coefficient (Wildman–Crippen LogP) is 2.85. The molecular formula is C18H24N2O. The standard InChI is InChI=1S/C18H24N2O/c1-3-7-17-15(5-1)16-6-2-4-8-18(16)20(17)10-9-19-11-13-21-14-12-19/h1,3,5,7H,2,4,6,8-14H2. The van der Waals surface area contributed by atoms with E-state index < -0.39 is 0 Å². The molecule has 0 unspecified atom stereocenters. The van der Waals surface area contributed by atoms with Gasteiger partial charge in [-0.1, -0.05) is 18.2 Å². The Bertz CT molecular complexity index is 625. The summed E-state index contributed by atoms with van der Waals surface area (Å²) < 4.78 is 8.05. The van der Waals surface area contributed by atoms with Crippen molar-refractivity contribution in [2.75, 3.05) is 32.8 Å². The van der Waals surface area contributed by atoms with Crippen molar-refractivity contribution >= 4 is 10.9 Å². The summed E-state index contributed by atoms with van der Waals surface area (Å²) >= 11 is 0. The van der Waals surface area contributed by atoms with E-state index in [1.165, 1.54) is 36.6 Å². The molecule has 4 rings (SSSR count). The van der Waals surface area contributed by atoms with E-state index in [4.69, 9.17) is 4.74 Å². The highest BCUT2D eigenvalue weighted by Crippen LogP contribution is 2.32. The second kappa shape index (κ2) is 5.82. The maximum Gasteiger partial charge on any atom is 0.0594 e. The first-order valence-electron chi connectivity index (χ1n) is 8.32. The van der Waals surface area contributed by atoms with Crippen molar-refractivity contribution < 1.29 is 4.74 Å². The van der Waals surface area contributed by atoms with E-state index in [-0.39, 0.29) is 0 Å². The highest BCUT2D eigenvalue weighted by Gasteiger charge is 2.20. The number of rotatable bonds is 3. The average Bonchev–Trinajstić information content (AvgIpc) is 2.88. The van der Waals surface area contributed by atoms with E-state index in [9.17, 15) is 0 Å². The van der Waals surface area contributed by atoms with Crippen LogP contribution in [-0.4, -0.2) is 42.3 Å². The third-order valence-corrected chi connectivity index (χ3v) is 5.03. The maximum absolute atomic E-state index is 5.45. The number of benzene rings is 1. The van der Waals surface area contributed by atoms with Gasteiger partial charge >= 0.3 is 0 Å². The zero-order chi connectivity index (χ0) is 14.1. The zero-order valence-corrected chi connectivity index (χ0v) is 12.7. The first-order chi connectivity index (χ1) is 10.4. The van der Waals surface area contributed by atoms with Crippen LogP contribution in [0.4, 0.5) is 0 Å². The first-order valence-corrected chi connectivity index (χ1v) is 8.32. The second-order valence-corrected chi connectivity index (χ2v) is 6.26. The van der Waals surface area contributed by atoms with Crippen molar-refractivity contribution in [1.82, 2.24) is 9.47 Å². The van der Waals surface area contributed by atoms with Gasteiger partial charge in [-0.15, -0.1) is 0 Å². The Kier molecular flexibility index (Phi) is 3.70. The molecule has 1 saturated heterocycles. The molecule has 1 aromatic carbocycles. The molecule has 3 nitrogen and oxygen atoms in total. The Morgan fingerprint density at radius 3 is 2.67 bits per heavy atom. The van der Waals surface area contributed by atoms with Gasteiger partial charge in [0.1, 0.15) is 0 Å². The normalized spacial score (nSPS) is 19.8. The Morgan fingerprint density at radius 1 is 0.952 bits per heavy atom. The first kappa shape index (κ1) is 13.4. The molecule has 2 aliphatic rings. The quantitative estimate of drug-likeness (QED) is 0.862. The molecular weight excluding hydrogens is 260 g/mol. The number of fused-ring (bicyclic) bond motifs is 3. The Hall–Kier alpha value is -1.32. The molecule has 0 spiro atoms. The van der Waals surface area contributed by atoms with E-state index in [0.717, 1.165) is 39.4 Å². The van der Waals surface area contributed by atoms with E-state index in [2.05, 4.69) is 33.7 Å². The summed E-state index contributed by atoms with van der Waals surface area (Å²) in [6.45, 7) is 6.22. The van der Waals surface area contributed by atoms with Crippen LogP contribution < -0.4 is 0 Å². The molecule has 0 atom stereocenters. The monoisotopic (exact) mass is 284 g/mol. The van der Waals surface area contributed by atoms with Crippen molar-refractivity contribution in [3.05, 3.63) is 35.5 Å². The average molecular weight is 284 g/mol. The van der Waals surface area contributed by atoms with Gasteiger partial charge < -0.3 is 9.30 Å². The van der Waals surface area contributed by atoms with Gasteiger partial charge in [0.05, 0.1) is 13.2 Å².